The molecule has 0 unspecified atom stereocenters. The van der Waals surface area contributed by atoms with E-state index in [1.807, 2.05) is 54.6 Å². The van der Waals surface area contributed by atoms with Gasteiger partial charge in [-0.25, -0.2) is 0 Å². The first-order valence-electron chi connectivity index (χ1n) is 7.26. The Labute approximate surface area is 143 Å². The number of amides is 1. The molecule has 0 saturated carbocycles. The monoisotopic (exact) mass is 401 g/mol. The maximum atomic E-state index is 12.7. The number of hydrogen-bond donors (Lipinski definition) is 1. The summed E-state index contributed by atoms with van der Waals surface area (Å²) in [6.45, 7) is 2.10. The van der Waals surface area contributed by atoms with Gasteiger partial charge in [-0.2, -0.15) is 0 Å². The van der Waals surface area contributed by atoms with Crippen LogP contribution in [0.25, 0.3) is 10.8 Å². The van der Waals surface area contributed by atoms with Crippen LogP contribution in [-0.2, 0) is 6.42 Å². The highest BCUT2D eigenvalue weighted by molar-refractivity contribution is 14.1. The summed E-state index contributed by atoms with van der Waals surface area (Å²) in [5.74, 6) is -0.0623. The highest BCUT2D eigenvalue weighted by Gasteiger charge is 2.11. The first-order chi connectivity index (χ1) is 10.7. The summed E-state index contributed by atoms with van der Waals surface area (Å²) in [5, 5.41) is 5.11. The van der Waals surface area contributed by atoms with Crippen LogP contribution in [0.2, 0.25) is 0 Å². The van der Waals surface area contributed by atoms with Crippen LogP contribution in [0.5, 0.6) is 0 Å². The van der Waals surface area contributed by atoms with Crippen molar-refractivity contribution in [3.05, 3.63) is 75.4 Å². The number of carbonyl (C=O) groups is 1. The van der Waals surface area contributed by atoms with Gasteiger partial charge in [-0.05, 0) is 69.6 Å². The normalized spacial score (nSPS) is 10.6. The molecule has 1 amide bonds. The fraction of sp³-hybridized carbons (Fsp3) is 0.105. The van der Waals surface area contributed by atoms with Crippen molar-refractivity contribution in [2.75, 3.05) is 5.32 Å². The van der Waals surface area contributed by atoms with Crippen molar-refractivity contribution in [2.24, 2.45) is 0 Å². The average molecular weight is 401 g/mol. The van der Waals surface area contributed by atoms with Crippen LogP contribution in [0.15, 0.2) is 60.7 Å². The van der Waals surface area contributed by atoms with Gasteiger partial charge in [-0.1, -0.05) is 43.3 Å². The number of hydrogen-bond acceptors (Lipinski definition) is 1. The molecule has 0 atom stereocenters. The Morgan fingerprint density at radius 1 is 1.05 bits per heavy atom. The number of anilines is 1. The Balaban J connectivity index is 1.97. The molecule has 0 spiro atoms. The predicted octanol–water partition coefficient (Wildman–Crippen LogP) is 5.26. The van der Waals surface area contributed by atoms with Gasteiger partial charge < -0.3 is 5.32 Å². The molecular formula is C19H16INO. The second-order valence-corrected chi connectivity index (χ2v) is 6.38. The lowest BCUT2D eigenvalue weighted by atomic mass is 10.0. The van der Waals surface area contributed by atoms with Gasteiger partial charge in [-0.15, -0.1) is 0 Å². The van der Waals surface area contributed by atoms with Crippen molar-refractivity contribution >= 4 is 45.0 Å². The van der Waals surface area contributed by atoms with E-state index >= 15 is 0 Å². The van der Waals surface area contributed by atoms with Gasteiger partial charge in [0.15, 0.2) is 0 Å². The van der Waals surface area contributed by atoms with Gasteiger partial charge in [0.2, 0.25) is 0 Å². The maximum Gasteiger partial charge on any atom is 0.256 e. The second-order valence-electron chi connectivity index (χ2n) is 5.14. The largest absolute Gasteiger partial charge is 0.322 e. The number of benzene rings is 3. The number of aryl methyl sites for hydroxylation is 1. The van der Waals surface area contributed by atoms with Crippen LogP contribution in [0, 0.1) is 3.57 Å². The molecule has 3 aromatic carbocycles. The van der Waals surface area contributed by atoms with Crippen LogP contribution in [-0.4, -0.2) is 5.91 Å². The van der Waals surface area contributed by atoms with Gasteiger partial charge in [0.1, 0.15) is 0 Å². The summed E-state index contributed by atoms with van der Waals surface area (Å²) in [6.07, 6.45) is 0.891. The summed E-state index contributed by atoms with van der Waals surface area (Å²) in [7, 11) is 0. The number of nitrogens with one attached hydrogen (secondary N) is 1. The van der Waals surface area contributed by atoms with Crippen molar-refractivity contribution < 1.29 is 4.79 Å². The van der Waals surface area contributed by atoms with Gasteiger partial charge in [0.25, 0.3) is 5.91 Å². The molecule has 0 aliphatic heterocycles. The molecule has 0 bridgehead atoms. The molecule has 2 nitrogen and oxygen atoms in total. The summed E-state index contributed by atoms with van der Waals surface area (Å²) in [5.41, 5.74) is 2.75. The zero-order chi connectivity index (χ0) is 15.5. The molecule has 3 rings (SSSR count). The molecule has 22 heavy (non-hydrogen) atoms. The summed E-state index contributed by atoms with van der Waals surface area (Å²) in [6, 6.07) is 19.9. The SMILES string of the molecule is CCc1cc(I)ccc1NC(=O)c1cccc2ccccc12. The third kappa shape index (κ3) is 2.99. The van der Waals surface area contributed by atoms with Gasteiger partial charge >= 0.3 is 0 Å². The zero-order valence-electron chi connectivity index (χ0n) is 12.3. The molecule has 110 valence electrons. The molecule has 3 aromatic rings. The first-order valence-corrected chi connectivity index (χ1v) is 8.34. The number of carbonyl (C=O) groups excluding carboxylic acids is 1. The van der Waals surface area contributed by atoms with Crippen molar-refractivity contribution in [3.8, 4) is 0 Å². The minimum Gasteiger partial charge on any atom is -0.322 e. The van der Waals surface area contributed by atoms with E-state index in [9.17, 15) is 4.79 Å². The fourth-order valence-electron chi connectivity index (χ4n) is 2.59. The Morgan fingerprint density at radius 2 is 1.82 bits per heavy atom. The summed E-state index contributed by atoms with van der Waals surface area (Å²) in [4.78, 5) is 12.7. The second kappa shape index (κ2) is 6.48. The van der Waals surface area contributed by atoms with Crippen LogP contribution in [0.4, 0.5) is 5.69 Å². The molecule has 0 aromatic heterocycles. The maximum absolute atomic E-state index is 12.7. The third-order valence-electron chi connectivity index (χ3n) is 3.73. The van der Waals surface area contributed by atoms with E-state index in [0.29, 0.717) is 5.56 Å². The third-order valence-corrected chi connectivity index (χ3v) is 4.40. The smallest absolute Gasteiger partial charge is 0.256 e. The van der Waals surface area contributed by atoms with Gasteiger partial charge in [0.05, 0.1) is 0 Å². The molecular weight excluding hydrogens is 385 g/mol. The van der Waals surface area contributed by atoms with Gasteiger partial charge in [-0.3, -0.25) is 4.79 Å². The van der Waals surface area contributed by atoms with Crippen LogP contribution in [0.1, 0.15) is 22.8 Å². The van der Waals surface area contributed by atoms with E-state index in [4.69, 9.17) is 0 Å². The topological polar surface area (TPSA) is 29.1 Å². The zero-order valence-corrected chi connectivity index (χ0v) is 14.4. The van der Waals surface area contributed by atoms with E-state index in [2.05, 4.69) is 40.9 Å². The van der Waals surface area contributed by atoms with E-state index in [1.165, 1.54) is 3.57 Å². The molecule has 0 heterocycles. The molecule has 0 aliphatic carbocycles. The van der Waals surface area contributed by atoms with Crippen molar-refractivity contribution in [1.29, 1.82) is 0 Å². The Hall–Kier alpha value is -1.88. The first kappa shape index (κ1) is 15.0. The van der Waals surface area contributed by atoms with Crippen molar-refractivity contribution in [3.63, 3.8) is 0 Å². The molecule has 0 fully saturated rings. The molecule has 0 aliphatic rings. The Bertz CT molecular complexity index is 836. The molecule has 1 N–H and O–H groups in total. The number of halogens is 1. The van der Waals surface area contributed by atoms with E-state index in [-0.39, 0.29) is 5.91 Å². The van der Waals surface area contributed by atoms with Crippen molar-refractivity contribution in [1.82, 2.24) is 0 Å². The van der Waals surface area contributed by atoms with E-state index < -0.39 is 0 Å². The lowest BCUT2D eigenvalue weighted by Gasteiger charge is -2.12. The van der Waals surface area contributed by atoms with Crippen LogP contribution < -0.4 is 5.32 Å². The highest BCUT2D eigenvalue weighted by atomic mass is 127. The predicted molar refractivity (Wildman–Crippen MR) is 100 cm³/mol. The summed E-state index contributed by atoms with van der Waals surface area (Å²) >= 11 is 2.29. The minimum absolute atomic E-state index is 0.0623. The van der Waals surface area contributed by atoms with Crippen LogP contribution in [0.3, 0.4) is 0 Å². The summed E-state index contributed by atoms with van der Waals surface area (Å²) < 4.78 is 1.18. The van der Waals surface area contributed by atoms with Crippen LogP contribution >= 0.6 is 22.6 Å². The standard InChI is InChI=1S/C19H16INO/c1-2-13-12-15(20)10-11-18(13)21-19(22)17-9-5-7-14-6-3-4-8-16(14)17/h3-12H,2H2,1H3,(H,21,22). The quantitative estimate of drug-likeness (QED) is 0.596. The lowest BCUT2D eigenvalue weighted by molar-refractivity contribution is 0.102. The molecule has 3 heteroatoms. The fourth-order valence-corrected chi connectivity index (χ4v) is 3.15. The van der Waals surface area contributed by atoms with Gasteiger partial charge in [0, 0.05) is 14.8 Å². The number of rotatable bonds is 3. The van der Waals surface area contributed by atoms with E-state index in [0.717, 1.165) is 28.4 Å². The Kier molecular flexibility index (Phi) is 4.43. The minimum atomic E-state index is -0.0623. The Morgan fingerprint density at radius 3 is 2.64 bits per heavy atom. The van der Waals surface area contributed by atoms with Crippen molar-refractivity contribution in [2.45, 2.75) is 13.3 Å². The van der Waals surface area contributed by atoms with E-state index in [1.54, 1.807) is 0 Å². The molecule has 0 radical (unpaired) electrons. The lowest BCUT2D eigenvalue weighted by Crippen LogP contribution is -2.13. The molecule has 0 saturated heterocycles. The highest BCUT2D eigenvalue weighted by Crippen LogP contribution is 2.23. The average Bonchev–Trinajstić information content (AvgIpc) is 2.55. The number of fused-ring (bicyclic) bond motifs is 1.